The number of fused-ring (bicyclic) bond motifs is 1. The standard InChI is InChI=1S/C21H15NO5Se/c1-27-18-9-12(3-6-17(18)23)11-2-5-14-15(20(24)22-16(14)8-11)10-13-4-7-19(28-13)21(25)26/h2-10,23H,1H3,(H,22,24)(H,25,26)/b15-10-. The Morgan fingerprint density at radius 3 is 2.57 bits per heavy atom. The van der Waals surface area contributed by atoms with E-state index in [0.717, 1.165) is 21.1 Å². The van der Waals surface area contributed by atoms with Crippen molar-refractivity contribution in [1.29, 1.82) is 0 Å². The van der Waals surface area contributed by atoms with Gasteiger partial charge in [0.05, 0.1) is 0 Å². The summed E-state index contributed by atoms with van der Waals surface area (Å²) in [6.07, 6.45) is 1.76. The molecule has 0 aliphatic carbocycles. The molecule has 1 aliphatic rings. The molecule has 2 aromatic carbocycles. The number of anilines is 1. The van der Waals surface area contributed by atoms with Crippen molar-refractivity contribution >= 4 is 43.7 Å². The van der Waals surface area contributed by atoms with E-state index in [2.05, 4.69) is 5.32 Å². The van der Waals surface area contributed by atoms with Gasteiger partial charge in [-0.2, -0.15) is 0 Å². The van der Waals surface area contributed by atoms with Crippen molar-refractivity contribution in [2.45, 2.75) is 0 Å². The van der Waals surface area contributed by atoms with Gasteiger partial charge in [0.15, 0.2) is 0 Å². The van der Waals surface area contributed by atoms with Crippen molar-refractivity contribution in [3.8, 4) is 22.6 Å². The van der Waals surface area contributed by atoms with Crippen LogP contribution in [0.25, 0.3) is 22.8 Å². The van der Waals surface area contributed by atoms with Crippen molar-refractivity contribution in [2.75, 3.05) is 12.4 Å². The van der Waals surface area contributed by atoms with Crippen LogP contribution in [-0.2, 0) is 4.79 Å². The molecule has 7 heteroatoms. The molecule has 0 bridgehead atoms. The number of amides is 1. The van der Waals surface area contributed by atoms with Crippen LogP contribution in [-0.4, -0.2) is 43.7 Å². The normalized spacial score (nSPS) is 14.0. The second-order valence-electron chi connectivity index (χ2n) is 6.17. The number of phenolic OH excluding ortho intramolecular Hbond substituents is 1. The number of carbonyl (C=O) groups is 2. The average Bonchev–Trinajstić information content (AvgIpc) is 3.27. The van der Waals surface area contributed by atoms with Crippen molar-refractivity contribution < 1.29 is 24.5 Å². The van der Waals surface area contributed by atoms with E-state index in [0.29, 0.717) is 21.4 Å². The Hall–Kier alpha value is -3.28. The van der Waals surface area contributed by atoms with Gasteiger partial charge in [-0.1, -0.05) is 0 Å². The first-order valence-electron chi connectivity index (χ1n) is 8.34. The molecule has 0 spiro atoms. The number of carboxylic acids is 1. The first-order chi connectivity index (χ1) is 13.5. The topological polar surface area (TPSA) is 95.9 Å². The van der Waals surface area contributed by atoms with Crippen molar-refractivity contribution in [1.82, 2.24) is 0 Å². The Bertz CT molecular complexity index is 1150. The number of hydrogen-bond acceptors (Lipinski definition) is 4. The number of hydrogen-bond donors (Lipinski definition) is 3. The molecule has 0 saturated carbocycles. The zero-order valence-corrected chi connectivity index (χ0v) is 16.4. The second kappa shape index (κ2) is 7.03. The molecule has 1 aromatic heterocycles. The molecule has 1 aliphatic heterocycles. The molecule has 0 radical (unpaired) electrons. The van der Waals surface area contributed by atoms with Crippen molar-refractivity contribution in [3.05, 3.63) is 63.0 Å². The molecule has 0 saturated heterocycles. The molecular weight excluding hydrogens is 425 g/mol. The molecule has 140 valence electrons. The molecule has 2 heterocycles. The van der Waals surface area contributed by atoms with Gasteiger partial charge >= 0.3 is 166 Å². The Balaban J connectivity index is 1.71. The van der Waals surface area contributed by atoms with Crippen LogP contribution in [0, 0.1) is 0 Å². The fraction of sp³-hybridized carbons (Fsp3) is 0.0476. The number of benzene rings is 2. The molecule has 0 unspecified atom stereocenters. The summed E-state index contributed by atoms with van der Waals surface area (Å²) < 4.78 is 6.37. The van der Waals surface area contributed by atoms with Crippen LogP contribution in [0.4, 0.5) is 5.69 Å². The van der Waals surface area contributed by atoms with Crippen LogP contribution in [0.2, 0.25) is 0 Å². The minimum atomic E-state index is -0.921. The summed E-state index contributed by atoms with van der Waals surface area (Å²) in [4.78, 5) is 23.5. The number of carbonyl (C=O) groups excluding carboxylic acids is 1. The van der Waals surface area contributed by atoms with Crippen molar-refractivity contribution in [3.63, 3.8) is 0 Å². The van der Waals surface area contributed by atoms with Gasteiger partial charge in [-0.15, -0.1) is 0 Å². The Morgan fingerprint density at radius 1 is 1.11 bits per heavy atom. The Morgan fingerprint density at radius 2 is 1.86 bits per heavy atom. The van der Waals surface area contributed by atoms with Crippen LogP contribution in [0.1, 0.15) is 19.2 Å². The van der Waals surface area contributed by atoms with Gasteiger partial charge in [-0.25, -0.2) is 0 Å². The van der Waals surface area contributed by atoms with Gasteiger partial charge in [0.25, 0.3) is 0 Å². The average molecular weight is 440 g/mol. The fourth-order valence-corrected chi connectivity index (χ4v) is 4.72. The predicted octanol–water partition coefficient (Wildman–Crippen LogP) is 3.32. The van der Waals surface area contributed by atoms with Gasteiger partial charge in [0.1, 0.15) is 0 Å². The van der Waals surface area contributed by atoms with Gasteiger partial charge in [0.2, 0.25) is 0 Å². The van der Waals surface area contributed by atoms with E-state index in [1.54, 1.807) is 36.4 Å². The SMILES string of the molecule is COc1cc(-c2ccc3c(c2)NC(=O)/C3=C\c2ccc(C(=O)O)[se]2)ccc1O. The van der Waals surface area contributed by atoms with E-state index < -0.39 is 5.97 Å². The van der Waals surface area contributed by atoms with E-state index in [4.69, 9.17) is 9.84 Å². The molecular formula is C21H15NO5Se. The summed E-state index contributed by atoms with van der Waals surface area (Å²) in [6.45, 7) is 0. The van der Waals surface area contributed by atoms with Gasteiger partial charge in [0, 0.05) is 0 Å². The first kappa shape index (κ1) is 18.1. The van der Waals surface area contributed by atoms with E-state index >= 15 is 0 Å². The predicted molar refractivity (Wildman–Crippen MR) is 107 cm³/mol. The van der Waals surface area contributed by atoms with E-state index in [9.17, 15) is 14.7 Å². The molecule has 3 aromatic rings. The maximum absolute atomic E-state index is 12.4. The van der Waals surface area contributed by atoms with Crippen LogP contribution in [0.3, 0.4) is 0 Å². The second-order valence-corrected chi connectivity index (χ2v) is 8.51. The van der Waals surface area contributed by atoms with Crippen LogP contribution in [0.5, 0.6) is 11.5 Å². The third-order valence-electron chi connectivity index (χ3n) is 4.44. The third-order valence-corrected chi connectivity index (χ3v) is 6.58. The monoisotopic (exact) mass is 441 g/mol. The zero-order valence-electron chi connectivity index (χ0n) is 14.7. The van der Waals surface area contributed by atoms with Gasteiger partial charge in [-0.3, -0.25) is 0 Å². The van der Waals surface area contributed by atoms with Gasteiger partial charge in [-0.05, 0) is 0 Å². The summed E-state index contributed by atoms with van der Waals surface area (Å²) in [5.74, 6) is -0.697. The molecule has 3 N–H and O–H groups in total. The molecule has 6 nitrogen and oxygen atoms in total. The summed E-state index contributed by atoms with van der Waals surface area (Å²) in [5, 5.41) is 21.7. The number of phenols is 1. The Labute approximate surface area is 166 Å². The quantitative estimate of drug-likeness (QED) is 0.428. The number of methoxy groups -OCH3 is 1. The third kappa shape index (κ3) is 3.22. The van der Waals surface area contributed by atoms with Crippen LogP contribution < -0.4 is 10.1 Å². The fourth-order valence-electron chi connectivity index (χ4n) is 3.06. The molecule has 0 atom stereocenters. The summed E-state index contributed by atoms with van der Waals surface area (Å²) >= 11 is -0.315. The Kier molecular flexibility index (Phi) is 4.55. The van der Waals surface area contributed by atoms with E-state index in [-0.39, 0.29) is 26.2 Å². The number of aromatic carboxylic acids is 1. The number of aromatic hydroxyl groups is 1. The number of carboxylic acid groups (broad SMARTS) is 1. The number of nitrogens with one attached hydrogen (secondary N) is 1. The maximum atomic E-state index is 12.4. The molecule has 4 rings (SSSR count). The number of rotatable bonds is 4. The van der Waals surface area contributed by atoms with Crippen LogP contribution >= 0.6 is 0 Å². The summed E-state index contributed by atoms with van der Waals surface area (Å²) in [6, 6.07) is 14.0. The molecule has 28 heavy (non-hydrogen) atoms. The van der Waals surface area contributed by atoms with Crippen molar-refractivity contribution in [2.24, 2.45) is 0 Å². The number of ether oxygens (including phenoxy) is 1. The first-order valence-corrected chi connectivity index (χ1v) is 10.1. The van der Waals surface area contributed by atoms with E-state index in [1.807, 2.05) is 18.2 Å². The minimum absolute atomic E-state index is 0.0620. The zero-order chi connectivity index (χ0) is 19.8. The summed E-state index contributed by atoms with van der Waals surface area (Å²) in [7, 11) is 1.49. The molecule has 0 fully saturated rings. The van der Waals surface area contributed by atoms with E-state index in [1.165, 1.54) is 7.11 Å². The molecule has 1 amide bonds. The van der Waals surface area contributed by atoms with Crippen LogP contribution in [0.15, 0.2) is 48.5 Å². The van der Waals surface area contributed by atoms with Gasteiger partial charge < -0.3 is 0 Å². The summed E-state index contributed by atoms with van der Waals surface area (Å²) in [5.41, 5.74) is 3.72.